The van der Waals surface area contributed by atoms with Gasteiger partial charge in [0.05, 0.1) is 25.4 Å². The van der Waals surface area contributed by atoms with Crippen LogP contribution >= 0.6 is 0 Å². The zero-order valence-electron chi connectivity index (χ0n) is 22.1. The van der Waals surface area contributed by atoms with Gasteiger partial charge in [-0.3, -0.25) is 14.7 Å². The third-order valence-electron chi connectivity index (χ3n) is 7.84. The van der Waals surface area contributed by atoms with E-state index in [1.165, 1.54) is 12.8 Å². The van der Waals surface area contributed by atoms with Crippen LogP contribution < -0.4 is 14.2 Å². The number of benzene rings is 3. The molecule has 0 N–H and O–H groups in total. The van der Waals surface area contributed by atoms with Gasteiger partial charge in [0.25, 0.3) is 5.91 Å². The lowest BCUT2D eigenvalue weighted by Gasteiger charge is -2.21. The van der Waals surface area contributed by atoms with Gasteiger partial charge in [-0.15, -0.1) is 0 Å². The molecule has 2 aliphatic heterocycles. The van der Waals surface area contributed by atoms with Crippen molar-refractivity contribution >= 4 is 22.5 Å². The maximum Gasteiger partial charge on any atom is 0.263 e. The number of fused-ring (bicyclic) bond motifs is 2. The lowest BCUT2D eigenvalue weighted by Crippen LogP contribution is -2.34. The summed E-state index contributed by atoms with van der Waals surface area (Å²) in [7, 11) is 1.68. The maximum atomic E-state index is 14.3. The van der Waals surface area contributed by atoms with E-state index in [0.29, 0.717) is 31.0 Å². The Balaban J connectivity index is 1.38. The molecular weight excluding hydrogens is 476 g/mol. The number of likely N-dealkylation sites (tertiary alicyclic amines) is 1. The number of methoxy groups -OCH3 is 1. The average molecular weight is 511 g/mol. The lowest BCUT2D eigenvalue weighted by atomic mass is 9.91. The molecule has 0 radical (unpaired) electrons. The Bertz CT molecular complexity index is 1420. The van der Waals surface area contributed by atoms with Crippen LogP contribution in [0.1, 0.15) is 60.9 Å². The molecule has 1 saturated heterocycles. The van der Waals surface area contributed by atoms with Crippen molar-refractivity contribution < 1.29 is 19.0 Å². The number of hydrogen-bond acceptors (Lipinski definition) is 5. The molecule has 1 saturated carbocycles. The van der Waals surface area contributed by atoms with Crippen molar-refractivity contribution in [3.8, 4) is 17.2 Å². The highest BCUT2D eigenvalue weighted by molar-refractivity contribution is 6.19. The van der Waals surface area contributed by atoms with Crippen LogP contribution in [0.25, 0.3) is 10.8 Å². The summed E-state index contributed by atoms with van der Waals surface area (Å²) >= 11 is 0. The third kappa shape index (κ3) is 4.42. The number of dihydropyridines is 1. The van der Waals surface area contributed by atoms with Crippen molar-refractivity contribution in [2.75, 3.05) is 26.8 Å². The number of nitrogens with zero attached hydrogens (tertiary/aromatic N) is 2. The van der Waals surface area contributed by atoms with Crippen LogP contribution in [-0.4, -0.2) is 49.6 Å². The summed E-state index contributed by atoms with van der Waals surface area (Å²) in [6.45, 7) is 3.63. The normalized spacial score (nSPS) is 19.2. The Morgan fingerprint density at radius 3 is 2.66 bits per heavy atom. The van der Waals surface area contributed by atoms with Gasteiger partial charge in [-0.2, -0.15) is 0 Å². The third-order valence-corrected chi connectivity index (χ3v) is 7.84. The summed E-state index contributed by atoms with van der Waals surface area (Å²) in [4.78, 5) is 21.0. The van der Waals surface area contributed by atoms with Crippen molar-refractivity contribution in [1.29, 1.82) is 0 Å². The van der Waals surface area contributed by atoms with Crippen molar-refractivity contribution in [3.05, 3.63) is 77.4 Å². The van der Waals surface area contributed by atoms with E-state index >= 15 is 0 Å². The fourth-order valence-corrected chi connectivity index (χ4v) is 6.01. The Hall–Kier alpha value is -3.80. The summed E-state index contributed by atoms with van der Waals surface area (Å²) in [6.07, 6.45) is 7.91. The summed E-state index contributed by atoms with van der Waals surface area (Å²) < 4.78 is 18.0. The summed E-state index contributed by atoms with van der Waals surface area (Å²) in [6, 6.07) is 18.1. The predicted octanol–water partition coefficient (Wildman–Crippen LogP) is 6.54. The molecule has 0 aromatic heterocycles. The van der Waals surface area contributed by atoms with Gasteiger partial charge in [-0.05, 0) is 73.6 Å². The highest BCUT2D eigenvalue weighted by atomic mass is 16.5. The van der Waals surface area contributed by atoms with E-state index in [-0.39, 0.29) is 17.9 Å². The molecule has 196 valence electrons. The quantitative estimate of drug-likeness (QED) is 0.362. The number of amides is 1. The summed E-state index contributed by atoms with van der Waals surface area (Å²) in [5.74, 6) is 2.85. The van der Waals surface area contributed by atoms with Gasteiger partial charge in [0.15, 0.2) is 11.5 Å². The molecule has 2 heterocycles. The molecule has 3 aromatic rings. The zero-order valence-corrected chi connectivity index (χ0v) is 22.1. The van der Waals surface area contributed by atoms with Crippen molar-refractivity contribution in [2.45, 2.75) is 51.0 Å². The molecule has 3 aromatic carbocycles. The molecule has 6 heteroatoms. The van der Waals surface area contributed by atoms with Crippen LogP contribution in [0.3, 0.4) is 0 Å². The Morgan fingerprint density at radius 1 is 1.03 bits per heavy atom. The molecule has 38 heavy (non-hydrogen) atoms. The number of rotatable bonds is 7. The Kier molecular flexibility index (Phi) is 6.79. The molecule has 0 bridgehead atoms. The van der Waals surface area contributed by atoms with E-state index < -0.39 is 0 Å². The van der Waals surface area contributed by atoms with Crippen molar-refractivity contribution in [2.24, 2.45) is 4.99 Å². The highest BCUT2D eigenvalue weighted by Crippen LogP contribution is 2.42. The SMILES string of the molecule is CCOc1ccc2ccccc2c1C(=O)N1CC(c2ccc(OC)c(OC3CCCC3)c2)C2=CCCN=C21. The lowest BCUT2D eigenvalue weighted by molar-refractivity contribution is 0.0852. The standard InChI is InChI=1S/C32H34N2O4/c1-3-37-28-17-14-21-9-4-7-12-24(21)30(28)32(35)34-20-26(25-13-8-18-33-31(25)34)22-15-16-27(36-2)29(19-22)38-23-10-5-6-11-23/h4,7,9,12-17,19,23,26H,3,5-6,8,10-11,18,20H2,1-2H3. The van der Waals surface area contributed by atoms with E-state index in [9.17, 15) is 4.79 Å². The van der Waals surface area contributed by atoms with Crippen LogP contribution in [0.5, 0.6) is 17.2 Å². The minimum Gasteiger partial charge on any atom is -0.493 e. The smallest absolute Gasteiger partial charge is 0.263 e. The first-order valence-electron chi connectivity index (χ1n) is 13.7. The summed E-state index contributed by atoms with van der Waals surface area (Å²) in [5, 5.41) is 1.91. The summed E-state index contributed by atoms with van der Waals surface area (Å²) in [5.41, 5.74) is 2.82. The van der Waals surface area contributed by atoms with E-state index in [0.717, 1.165) is 58.5 Å². The molecule has 2 fully saturated rings. The van der Waals surface area contributed by atoms with E-state index in [1.54, 1.807) is 7.11 Å². The van der Waals surface area contributed by atoms with Gasteiger partial charge in [-0.25, -0.2) is 0 Å². The molecule has 6 rings (SSSR count). The molecule has 1 atom stereocenters. The second kappa shape index (κ2) is 10.5. The second-order valence-electron chi connectivity index (χ2n) is 10.1. The zero-order chi connectivity index (χ0) is 26.1. The minimum atomic E-state index is -0.0739. The fourth-order valence-electron chi connectivity index (χ4n) is 6.01. The van der Waals surface area contributed by atoms with Gasteiger partial charge in [0.1, 0.15) is 11.6 Å². The largest absolute Gasteiger partial charge is 0.493 e. The topological polar surface area (TPSA) is 60.4 Å². The van der Waals surface area contributed by atoms with Crippen LogP contribution in [0.4, 0.5) is 0 Å². The second-order valence-corrected chi connectivity index (χ2v) is 10.1. The van der Waals surface area contributed by atoms with Crippen LogP contribution in [0, 0.1) is 0 Å². The predicted molar refractivity (Wildman–Crippen MR) is 150 cm³/mol. The van der Waals surface area contributed by atoms with Crippen LogP contribution in [0.15, 0.2) is 71.2 Å². The van der Waals surface area contributed by atoms with Crippen LogP contribution in [-0.2, 0) is 0 Å². The maximum absolute atomic E-state index is 14.3. The minimum absolute atomic E-state index is 0.0142. The van der Waals surface area contributed by atoms with Gasteiger partial charge in [0.2, 0.25) is 0 Å². The number of aliphatic imine (C=N–C) groups is 1. The molecule has 6 nitrogen and oxygen atoms in total. The number of carbonyl (C=O) groups excluding carboxylic acids is 1. The van der Waals surface area contributed by atoms with Gasteiger partial charge >= 0.3 is 0 Å². The molecule has 3 aliphatic rings. The molecular formula is C32H34N2O4. The van der Waals surface area contributed by atoms with Gasteiger partial charge < -0.3 is 14.2 Å². The average Bonchev–Trinajstić information content (AvgIpc) is 3.61. The number of amidine groups is 1. The molecule has 1 unspecified atom stereocenters. The molecule has 0 spiro atoms. The number of carbonyl (C=O) groups is 1. The van der Waals surface area contributed by atoms with E-state index in [4.69, 9.17) is 19.2 Å². The first kappa shape index (κ1) is 24.5. The van der Waals surface area contributed by atoms with Gasteiger partial charge in [-0.1, -0.05) is 42.5 Å². The molecule has 1 aliphatic carbocycles. The molecule has 1 amide bonds. The Labute approximate surface area is 223 Å². The monoisotopic (exact) mass is 510 g/mol. The van der Waals surface area contributed by atoms with Crippen molar-refractivity contribution in [3.63, 3.8) is 0 Å². The van der Waals surface area contributed by atoms with Crippen molar-refractivity contribution in [1.82, 2.24) is 4.90 Å². The Morgan fingerprint density at radius 2 is 1.84 bits per heavy atom. The highest BCUT2D eigenvalue weighted by Gasteiger charge is 2.40. The van der Waals surface area contributed by atoms with Crippen LogP contribution in [0.2, 0.25) is 0 Å². The van der Waals surface area contributed by atoms with Gasteiger partial charge in [0, 0.05) is 24.6 Å². The fraction of sp³-hybridized carbons (Fsp3) is 0.375. The first-order chi connectivity index (χ1) is 18.7. The number of hydrogen-bond donors (Lipinski definition) is 0. The van der Waals surface area contributed by atoms with E-state index in [2.05, 4.69) is 18.2 Å². The number of ether oxygens (including phenoxy) is 3. The first-order valence-corrected chi connectivity index (χ1v) is 13.7. The van der Waals surface area contributed by atoms with E-state index in [1.807, 2.05) is 54.3 Å².